The number of carbonyl (C=O) groups is 1. The van der Waals surface area contributed by atoms with Crippen molar-refractivity contribution in [2.24, 2.45) is 5.41 Å². The van der Waals surface area contributed by atoms with Gasteiger partial charge >= 0.3 is 11.7 Å². The van der Waals surface area contributed by atoms with Crippen LogP contribution in [0.1, 0.15) is 32.4 Å². The summed E-state index contributed by atoms with van der Waals surface area (Å²) in [7, 11) is 0. The van der Waals surface area contributed by atoms with Crippen LogP contribution in [-0.4, -0.2) is 25.1 Å². The molecule has 0 atom stereocenters. The Morgan fingerprint density at radius 1 is 1.31 bits per heavy atom. The van der Waals surface area contributed by atoms with Gasteiger partial charge in [0.05, 0.1) is 18.2 Å². The van der Waals surface area contributed by atoms with Crippen molar-refractivity contribution < 1.29 is 13.9 Å². The summed E-state index contributed by atoms with van der Waals surface area (Å²) in [6, 6.07) is 3.43. The summed E-state index contributed by atoms with van der Waals surface area (Å²) < 4.78 is 13.3. The third-order valence-corrected chi connectivity index (χ3v) is 3.91. The van der Waals surface area contributed by atoms with Crippen LogP contribution in [0.4, 0.5) is 0 Å². The van der Waals surface area contributed by atoms with Crippen molar-refractivity contribution >= 4 is 17.1 Å². The lowest BCUT2D eigenvalue weighted by atomic mass is 9.98. The molecule has 0 unspecified atom stereocenters. The topological polar surface area (TPSA) is 112 Å². The number of ether oxygens (including phenoxy) is 1. The minimum absolute atomic E-state index is 0.122. The van der Waals surface area contributed by atoms with Crippen LogP contribution in [0.3, 0.4) is 0 Å². The van der Waals surface area contributed by atoms with Crippen molar-refractivity contribution in [3.8, 4) is 0 Å². The van der Waals surface area contributed by atoms with Gasteiger partial charge in [-0.05, 0) is 39.8 Å². The molecule has 3 rings (SSSR count). The van der Waals surface area contributed by atoms with E-state index in [2.05, 4.69) is 9.97 Å². The molecule has 9 heteroatoms. The second-order valence-corrected chi connectivity index (χ2v) is 6.99. The number of esters is 1. The van der Waals surface area contributed by atoms with E-state index >= 15 is 0 Å². The maximum absolute atomic E-state index is 12.3. The normalized spacial score (nSPS) is 11.8. The lowest BCUT2D eigenvalue weighted by Crippen LogP contribution is -2.31. The lowest BCUT2D eigenvalue weighted by Gasteiger charge is -2.17. The molecule has 0 spiro atoms. The average Bonchev–Trinajstić information content (AvgIpc) is 3.15. The second-order valence-electron chi connectivity index (χ2n) is 6.99. The lowest BCUT2D eigenvalue weighted by molar-refractivity contribution is -0.156. The Kier molecular flexibility index (Phi) is 4.31. The van der Waals surface area contributed by atoms with Crippen LogP contribution in [0, 0.1) is 12.3 Å². The minimum Gasteiger partial charge on any atom is -0.467 e. The fourth-order valence-electron chi connectivity index (χ4n) is 2.48. The van der Waals surface area contributed by atoms with Gasteiger partial charge in [0.2, 0.25) is 0 Å². The van der Waals surface area contributed by atoms with Crippen molar-refractivity contribution in [1.82, 2.24) is 19.1 Å². The van der Waals surface area contributed by atoms with E-state index in [1.807, 2.05) is 0 Å². The number of imidazole rings is 1. The zero-order valence-electron chi connectivity index (χ0n) is 15.0. The third kappa shape index (κ3) is 3.19. The smallest absolute Gasteiger partial charge is 0.330 e. The minimum atomic E-state index is -0.669. The van der Waals surface area contributed by atoms with Gasteiger partial charge in [0.25, 0.3) is 5.56 Å². The predicted molar refractivity (Wildman–Crippen MR) is 92.7 cm³/mol. The number of aryl methyl sites for hydroxylation is 1. The molecule has 0 aromatic carbocycles. The molecular weight excluding hydrogens is 340 g/mol. The van der Waals surface area contributed by atoms with Gasteiger partial charge in [-0.25, -0.2) is 9.78 Å². The van der Waals surface area contributed by atoms with Crippen LogP contribution in [0.25, 0.3) is 11.2 Å². The van der Waals surface area contributed by atoms with Gasteiger partial charge < -0.3 is 9.15 Å². The van der Waals surface area contributed by atoms with Gasteiger partial charge in [0.1, 0.15) is 11.6 Å². The van der Waals surface area contributed by atoms with Crippen LogP contribution in [0.5, 0.6) is 0 Å². The SMILES string of the molecule is Cc1nc2c(c(=O)[nH]c(=O)n2Cc2ccco2)n1COC(=O)C(C)(C)C. The van der Waals surface area contributed by atoms with E-state index in [9.17, 15) is 14.4 Å². The Morgan fingerprint density at radius 3 is 2.65 bits per heavy atom. The Morgan fingerprint density at radius 2 is 2.04 bits per heavy atom. The Balaban J connectivity index is 2.06. The van der Waals surface area contributed by atoms with Crippen LogP contribution in [-0.2, 0) is 22.8 Å². The van der Waals surface area contributed by atoms with Gasteiger partial charge in [-0.2, -0.15) is 0 Å². The predicted octanol–water partition coefficient (Wildman–Crippen LogP) is 1.38. The second kappa shape index (κ2) is 6.32. The number of H-pyrrole nitrogens is 1. The number of nitrogens with one attached hydrogen (secondary N) is 1. The molecule has 0 saturated carbocycles. The molecule has 0 aliphatic carbocycles. The number of hydrogen-bond donors (Lipinski definition) is 1. The number of rotatable bonds is 4. The fraction of sp³-hybridized carbons (Fsp3) is 0.412. The van der Waals surface area contributed by atoms with Crippen LogP contribution in [0.2, 0.25) is 0 Å². The highest BCUT2D eigenvalue weighted by molar-refractivity contribution is 5.75. The molecule has 1 N–H and O–H groups in total. The molecule has 9 nitrogen and oxygen atoms in total. The summed E-state index contributed by atoms with van der Waals surface area (Å²) in [5.74, 6) is 0.594. The highest BCUT2D eigenvalue weighted by Crippen LogP contribution is 2.17. The summed E-state index contributed by atoms with van der Waals surface area (Å²) in [5, 5.41) is 0. The first kappa shape index (κ1) is 17.7. The number of furan rings is 1. The molecule has 3 aromatic heterocycles. The summed E-state index contributed by atoms with van der Waals surface area (Å²) in [4.78, 5) is 43.2. The standard InChI is InChI=1S/C17H20N4O5/c1-10-18-13-12(21(10)9-26-15(23)17(2,3)4)14(22)19-16(24)20(13)8-11-6-5-7-25-11/h5-7H,8-9H2,1-4H3,(H,19,22,24). The maximum Gasteiger partial charge on any atom is 0.330 e. The molecule has 0 aliphatic rings. The van der Waals surface area contributed by atoms with Gasteiger partial charge in [-0.15, -0.1) is 0 Å². The summed E-state index contributed by atoms with van der Waals surface area (Å²) >= 11 is 0. The third-order valence-electron chi connectivity index (χ3n) is 3.91. The van der Waals surface area contributed by atoms with Crippen LogP contribution < -0.4 is 11.2 Å². The van der Waals surface area contributed by atoms with Crippen LogP contribution >= 0.6 is 0 Å². The maximum atomic E-state index is 12.3. The first-order valence-electron chi connectivity index (χ1n) is 8.08. The molecule has 0 amide bonds. The molecule has 138 valence electrons. The first-order chi connectivity index (χ1) is 12.2. The molecular formula is C17H20N4O5. The van der Waals surface area contributed by atoms with Crippen LogP contribution in [0.15, 0.2) is 32.4 Å². The van der Waals surface area contributed by atoms with Crippen molar-refractivity contribution in [3.05, 3.63) is 50.8 Å². The number of nitrogens with zero attached hydrogens (tertiary/aromatic N) is 3. The molecule has 26 heavy (non-hydrogen) atoms. The summed E-state index contributed by atoms with van der Waals surface area (Å²) in [6.45, 7) is 6.84. The molecule has 0 aliphatic heterocycles. The Bertz CT molecular complexity index is 1060. The molecule has 0 fully saturated rings. The van der Waals surface area contributed by atoms with Crippen molar-refractivity contribution in [1.29, 1.82) is 0 Å². The van der Waals surface area contributed by atoms with Gasteiger partial charge in [-0.1, -0.05) is 0 Å². The molecule has 3 aromatic rings. The number of carbonyl (C=O) groups excluding carboxylic acids is 1. The van der Waals surface area contributed by atoms with E-state index in [0.717, 1.165) is 0 Å². The monoisotopic (exact) mass is 360 g/mol. The quantitative estimate of drug-likeness (QED) is 0.704. The van der Waals surface area contributed by atoms with Crippen molar-refractivity contribution in [3.63, 3.8) is 0 Å². The highest BCUT2D eigenvalue weighted by atomic mass is 16.5. The van der Waals surface area contributed by atoms with E-state index in [-0.39, 0.29) is 24.4 Å². The zero-order chi connectivity index (χ0) is 19.1. The van der Waals surface area contributed by atoms with Gasteiger partial charge in [0.15, 0.2) is 17.9 Å². The van der Waals surface area contributed by atoms with Gasteiger partial charge in [0, 0.05) is 0 Å². The number of aromatic nitrogens is 4. The van der Waals surface area contributed by atoms with Gasteiger partial charge in [-0.3, -0.25) is 23.7 Å². The average molecular weight is 360 g/mol. The van der Waals surface area contributed by atoms with E-state index in [1.54, 1.807) is 39.8 Å². The first-order valence-corrected chi connectivity index (χ1v) is 8.08. The largest absolute Gasteiger partial charge is 0.467 e. The van der Waals surface area contributed by atoms with E-state index in [4.69, 9.17) is 9.15 Å². The molecule has 0 bridgehead atoms. The number of fused-ring (bicyclic) bond motifs is 1. The van der Waals surface area contributed by atoms with Crippen molar-refractivity contribution in [2.45, 2.75) is 41.0 Å². The summed E-state index contributed by atoms with van der Waals surface area (Å²) in [5.41, 5.74) is -1.48. The summed E-state index contributed by atoms with van der Waals surface area (Å²) in [6.07, 6.45) is 1.50. The fourth-order valence-corrected chi connectivity index (χ4v) is 2.48. The number of hydrogen-bond acceptors (Lipinski definition) is 6. The Hall–Kier alpha value is -3.10. The molecule has 0 radical (unpaired) electrons. The van der Waals surface area contributed by atoms with Crippen molar-refractivity contribution in [2.75, 3.05) is 0 Å². The highest BCUT2D eigenvalue weighted by Gasteiger charge is 2.24. The Labute approximate surface area is 148 Å². The zero-order valence-corrected chi connectivity index (χ0v) is 15.0. The molecule has 3 heterocycles. The van der Waals surface area contributed by atoms with E-state index in [1.165, 1.54) is 15.4 Å². The molecule has 0 saturated heterocycles. The van der Waals surface area contributed by atoms with E-state index in [0.29, 0.717) is 11.6 Å². The number of aromatic amines is 1. The van der Waals surface area contributed by atoms with E-state index < -0.39 is 22.6 Å².